The molecule has 0 spiro atoms. The van der Waals surface area contributed by atoms with Crippen LogP contribution in [0.2, 0.25) is 15.1 Å². The standard InChI is InChI=1S/C21H17BrCl3N5OS/c1-11-19(25)12(2)30(27-11)8-14-6-18(32-10-14)21(31)26-20-15(22)9-29(28-20)7-13-3-4-16(23)17(24)5-13/h3-6,9-10H,7-8H2,1-2H3,(H,26,28,31). The number of carbonyl (C=O) groups excluding carboxylic acids is 1. The minimum absolute atomic E-state index is 0.229. The van der Waals surface area contributed by atoms with E-state index in [1.807, 2.05) is 36.0 Å². The SMILES string of the molecule is Cc1nn(Cc2csc(C(=O)Nc3nn(Cc4ccc(Cl)c(Cl)c4)cc3Br)c2)c(C)c1Cl. The number of hydrogen-bond donors (Lipinski definition) is 1. The number of carbonyl (C=O) groups is 1. The number of aryl methyl sites for hydroxylation is 1. The average molecular weight is 574 g/mol. The summed E-state index contributed by atoms with van der Waals surface area (Å²) < 4.78 is 4.23. The summed E-state index contributed by atoms with van der Waals surface area (Å²) in [6.07, 6.45) is 1.80. The van der Waals surface area contributed by atoms with Crippen molar-refractivity contribution in [3.05, 3.63) is 82.8 Å². The van der Waals surface area contributed by atoms with Gasteiger partial charge in [0.1, 0.15) is 0 Å². The van der Waals surface area contributed by atoms with Crippen LogP contribution < -0.4 is 5.32 Å². The largest absolute Gasteiger partial charge is 0.303 e. The molecule has 6 nitrogen and oxygen atoms in total. The van der Waals surface area contributed by atoms with Crippen molar-refractivity contribution in [2.75, 3.05) is 5.32 Å². The van der Waals surface area contributed by atoms with Crippen molar-refractivity contribution in [3.63, 3.8) is 0 Å². The minimum atomic E-state index is -0.229. The number of benzene rings is 1. The first-order chi connectivity index (χ1) is 15.2. The second kappa shape index (κ2) is 9.57. The Bertz CT molecular complexity index is 1310. The van der Waals surface area contributed by atoms with Crippen LogP contribution in [-0.4, -0.2) is 25.5 Å². The van der Waals surface area contributed by atoms with Crippen molar-refractivity contribution in [1.29, 1.82) is 0 Å². The van der Waals surface area contributed by atoms with Gasteiger partial charge in [-0.05, 0) is 64.5 Å². The number of anilines is 1. The van der Waals surface area contributed by atoms with E-state index in [0.29, 0.717) is 43.3 Å². The predicted molar refractivity (Wildman–Crippen MR) is 134 cm³/mol. The molecule has 3 heterocycles. The van der Waals surface area contributed by atoms with Crippen molar-refractivity contribution in [3.8, 4) is 0 Å². The first-order valence-electron chi connectivity index (χ1n) is 9.46. The highest BCUT2D eigenvalue weighted by Gasteiger charge is 2.16. The molecular formula is C21H17BrCl3N5OS. The molecule has 0 aliphatic heterocycles. The monoisotopic (exact) mass is 571 g/mol. The molecule has 0 bridgehead atoms. The number of rotatable bonds is 6. The summed E-state index contributed by atoms with van der Waals surface area (Å²) in [6, 6.07) is 7.27. The molecule has 0 unspecified atom stereocenters. The zero-order valence-electron chi connectivity index (χ0n) is 17.0. The van der Waals surface area contributed by atoms with Crippen molar-refractivity contribution in [2.45, 2.75) is 26.9 Å². The summed E-state index contributed by atoms with van der Waals surface area (Å²) in [5, 5.41) is 15.4. The van der Waals surface area contributed by atoms with Crippen LogP contribution in [0, 0.1) is 13.8 Å². The Balaban J connectivity index is 1.44. The van der Waals surface area contributed by atoms with Gasteiger partial charge in [-0.2, -0.15) is 10.2 Å². The van der Waals surface area contributed by atoms with Gasteiger partial charge in [0.25, 0.3) is 5.91 Å². The Labute approximate surface area is 212 Å². The molecule has 3 aromatic heterocycles. The molecular weight excluding hydrogens is 557 g/mol. The van der Waals surface area contributed by atoms with Crippen molar-refractivity contribution in [1.82, 2.24) is 19.6 Å². The quantitative estimate of drug-likeness (QED) is 0.275. The maximum Gasteiger partial charge on any atom is 0.266 e. The van der Waals surface area contributed by atoms with Gasteiger partial charge in [-0.1, -0.05) is 40.9 Å². The Hall–Kier alpha value is -1.84. The molecule has 0 radical (unpaired) electrons. The van der Waals surface area contributed by atoms with E-state index in [1.54, 1.807) is 23.0 Å². The molecule has 1 N–H and O–H groups in total. The first-order valence-corrected chi connectivity index (χ1v) is 12.3. The third kappa shape index (κ3) is 5.05. The third-order valence-electron chi connectivity index (χ3n) is 4.78. The van der Waals surface area contributed by atoms with Gasteiger partial charge < -0.3 is 5.32 Å². The number of thiophene rings is 1. The van der Waals surface area contributed by atoms with E-state index < -0.39 is 0 Å². The van der Waals surface area contributed by atoms with Gasteiger partial charge in [0.2, 0.25) is 0 Å². The van der Waals surface area contributed by atoms with Gasteiger partial charge in [0, 0.05) is 6.20 Å². The highest BCUT2D eigenvalue weighted by molar-refractivity contribution is 9.10. The summed E-state index contributed by atoms with van der Waals surface area (Å²) in [6.45, 7) is 4.83. The van der Waals surface area contributed by atoms with E-state index in [-0.39, 0.29) is 5.91 Å². The zero-order chi connectivity index (χ0) is 23.0. The number of aromatic nitrogens is 4. The van der Waals surface area contributed by atoms with Gasteiger partial charge in [0.05, 0.1) is 48.9 Å². The molecule has 11 heteroatoms. The lowest BCUT2D eigenvalue weighted by Gasteiger charge is -2.04. The molecule has 0 atom stereocenters. The van der Waals surface area contributed by atoms with E-state index in [4.69, 9.17) is 34.8 Å². The predicted octanol–water partition coefficient (Wildman–Crippen LogP) is 6.83. The molecule has 4 aromatic rings. The topological polar surface area (TPSA) is 64.7 Å². The van der Waals surface area contributed by atoms with Crippen LogP contribution in [0.5, 0.6) is 0 Å². The molecule has 166 valence electrons. The molecule has 1 amide bonds. The lowest BCUT2D eigenvalue weighted by Crippen LogP contribution is -2.12. The van der Waals surface area contributed by atoms with Gasteiger partial charge >= 0.3 is 0 Å². The smallest absolute Gasteiger partial charge is 0.266 e. The van der Waals surface area contributed by atoms with Crippen LogP contribution in [0.15, 0.2) is 40.3 Å². The first kappa shape index (κ1) is 23.3. The summed E-state index contributed by atoms with van der Waals surface area (Å²) in [5.74, 6) is 0.212. The maximum absolute atomic E-state index is 12.8. The molecule has 1 aromatic carbocycles. The molecule has 0 fully saturated rings. The van der Waals surface area contributed by atoms with Crippen LogP contribution in [0.3, 0.4) is 0 Å². The molecule has 0 saturated carbocycles. The van der Waals surface area contributed by atoms with Gasteiger partial charge in [-0.15, -0.1) is 11.3 Å². The van der Waals surface area contributed by atoms with E-state index in [2.05, 4.69) is 31.4 Å². The number of nitrogens with one attached hydrogen (secondary N) is 1. The fourth-order valence-corrected chi connectivity index (χ4v) is 4.81. The van der Waals surface area contributed by atoms with E-state index >= 15 is 0 Å². The molecule has 32 heavy (non-hydrogen) atoms. The van der Waals surface area contributed by atoms with Crippen molar-refractivity contribution < 1.29 is 4.79 Å². The van der Waals surface area contributed by atoms with E-state index in [1.165, 1.54) is 11.3 Å². The second-order valence-electron chi connectivity index (χ2n) is 7.19. The summed E-state index contributed by atoms with van der Waals surface area (Å²) in [7, 11) is 0. The molecule has 0 saturated heterocycles. The number of amides is 1. The Morgan fingerprint density at radius 2 is 1.88 bits per heavy atom. The van der Waals surface area contributed by atoms with Crippen LogP contribution in [0.1, 0.15) is 32.2 Å². The van der Waals surface area contributed by atoms with Crippen LogP contribution in [0.4, 0.5) is 5.82 Å². The van der Waals surface area contributed by atoms with Crippen LogP contribution in [0.25, 0.3) is 0 Å². The van der Waals surface area contributed by atoms with E-state index in [9.17, 15) is 4.79 Å². The fraction of sp³-hybridized carbons (Fsp3) is 0.190. The highest BCUT2D eigenvalue weighted by Crippen LogP contribution is 2.26. The highest BCUT2D eigenvalue weighted by atomic mass is 79.9. The second-order valence-corrected chi connectivity index (χ2v) is 10.1. The van der Waals surface area contributed by atoms with Gasteiger partial charge in [-0.25, -0.2) is 0 Å². The summed E-state index contributed by atoms with van der Waals surface area (Å²) in [4.78, 5) is 13.3. The minimum Gasteiger partial charge on any atom is -0.303 e. The Morgan fingerprint density at radius 1 is 1.09 bits per heavy atom. The molecule has 0 aliphatic carbocycles. The van der Waals surface area contributed by atoms with Crippen molar-refractivity contribution >= 4 is 73.8 Å². The van der Waals surface area contributed by atoms with E-state index in [0.717, 1.165) is 22.5 Å². The molecule has 4 rings (SSSR count). The maximum atomic E-state index is 12.8. The van der Waals surface area contributed by atoms with Crippen LogP contribution >= 0.6 is 62.1 Å². The number of halogens is 4. The summed E-state index contributed by atoms with van der Waals surface area (Å²) >= 11 is 23.1. The van der Waals surface area contributed by atoms with Crippen LogP contribution in [-0.2, 0) is 13.1 Å². The Morgan fingerprint density at radius 3 is 2.56 bits per heavy atom. The van der Waals surface area contributed by atoms with Crippen molar-refractivity contribution in [2.24, 2.45) is 0 Å². The van der Waals surface area contributed by atoms with Gasteiger partial charge in [-0.3, -0.25) is 14.2 Å². The fourth-order valence-electron chi connectivity index (χ4n) is 3.14. The lowest BCUT2D eigenvalue weighted by molar-refractivity contribution is 0.103. The van der Waals surface area contributed by atoms with Gasteiger partial charge in [0.15, 0.2) is 5.82 Å². The summed E-state index contributed by atoms with van der Waals surface area (Å²) in [5.41, 5.74) is 3.61. The normalized spacial score (nSPS) is 11.2. The average Bonchev–Trinajstić information content (AvgIpc) is 3.41. The number of hydrogen-bond acceptors (Lipinski definition) is 4. The Kier molecular flexibility index (Phi) is 6.97. The third-order valence-corrected chi connectivity index (χ3v) is 7.62. The zero-order valence-corrected chi connectivity index (χ0v) is 21.7. The lowest BCUT2D eigenvalue weighted by atomic mass is 10.2. The number of nitrogens with zero attached hydrogens (tertiary/aromatic N) is 4. The molecule has 0 aliphatic rings.